The summed E-state index contributed by atoms with van der Waals surface area (Å²) in [6, 6.07) is 2.86. The summed E-state index contributed by atoms with van der Waals surface area (Å²) in [7, 11) is -2.20. The summed E-state index contributed by atoms with van der Waals surface area (Å²) in [5.74, 6) is 0.351. The number of methoxy groups -OCH3 is 1. The van der Waals surface area contributed by atoms with Crippen LogP contribution in [-0.2, 0) is 10.0 Å². The molecule has 1 N–H and O–H groups in total. The molecule has 112 valence electrons. The van der Waals surface area contributed by atoms with E-state index in [1.807, 2.05) is 6.92 Å². The molecule has 0 aliphatic carbocycles. The molecule has 8 heteroatoms. The third-order valence-electron chi connectivity index (χ3n) is 3.16. The molecule has 1 atom stereocenters. The first-order valence-electron chi connectivity index (χ1n) is 6.13. The highest BCUT2D eigenvalue weighted by atomic mass is 35.5. The summed E-state index contributed by atoms with van der Waals surface area (Å²) >= 11 is 12.1. The summed E-state index contributed by atoms with van der Waals surface area (Å²) < 4.78 is 31.7. The van der Waals surface area contributed by atoms with E-state index >= 15 is 0 Å². The largest absolute Gasteiger partial charge is 0.495 e. The number of nitrogens with zero attached hydrogens (tertiary/aromatic N) is 1. The van der Waals surface area contributed by atoms with Crippen molar-refractivity contribution < 1.29 is 13.2 Å². The predicted octanol–water partition coefficient (Wildman–Crippen LogP) is 1.98. The highest BCUT2D eigenvalue weighted by Gasteiger charge is 2.30. The minimum atomic E-state index is -3.65. The van der Waals surface area contributed by atoms with Crippen molar-refractivity contribution >= 4 is 33.2 Å². The van der Waals surface area contributed by atoms with Crippen molar-refractivity contribution in [3.63, 3.8) is 0 Å². The number of sulfonamides is 1. The van der Waals surface area contributed by atoms with Gasteiger partial charge in [0.1, 0.15) is 10.6 Å². The van der Waals surface area contributed by atoms with Gasteiger partial charge in [0.05, 0.1) is 17.2 Å². The van der Waals surface area contributed by atoms with E-state index in [0.717, 1.165) is 0 Å². The Labute approximate surface area is 128 Å². The lowest BCUT2D eigenvalue weighted by atomic mass is 10.3. The lowest BCUT2D eigenvalue weighted by Crippen LogP contribution is -2.51. The van der Waals surface area contributed by atoms with E-state index in [-0.39, 0.29) is 21.0 Å². The third-order valence-corrected chi connectivity index (χ3v) is 5.78. The molecule has 1 fully saturated rings. The van der Waals surface area contributed by atoms with Crippen molar-refractivity contribution in [1.29, 1.82) is 0 Å². The fraction of sp³-hybridized carbons (Fsp3) is 0.500. The zero-order valence-corrected chi connectivity index (χ0v) is 13.5. The lowest BCUT2D eigenvalue weighted by Gasteiger charge is -2.31. The van der Waals surface area contributed by atoms with E-state index in [1.165, 1.54) is 23.5 Å². The monoisotopic (exact) mass is 338 g/mol. The molecule has 5 nitrogen and oxygen atoms in total. The number of ether oxygens (including phenoxy) is 1. The van der Waals surface area contributed by atoms with E-state index in [0.29, 0.717) is 25.4 Å². The van der Waals surface area contributed by atoms with Crippen LogP contribution in [0.3, 0.4) is 0 Å². The molecule has 1 saturated heterocycles. The number of rotatable bonds is 3. The molecule has 0 saturated carbocycles. The van der Waals surface area contributed by atoms with Crippen LogP contribution in [0, 0.1) is 0 Å². The van der Waals surface area contributed by atoms with Crippen LogP contribution >= 0.6 is 23.2 Å². The zero-order valence-electron chi connectivity index (χ0n) is 11.2. The Hall–Kier alpha value is -0.530. The Balaban J connectivity index is 2.41. The minimum Gasteiger partial charge on any atom is -0.495 e. The van der Waals surface area contributed by atoms with Gasteiger partial charge < -0.3 is 10.1 Å². The molecule has 20 heavy (non-hydrogen) atoms. The van der Waals surface area contributed by atoms with Gasteiger partial charge in [0, 0.05) is 31.7 Å². The fourth-order valence-corrected chi connectivity index (χ4v) is 4.47. The van der Waals surface area contributed by atoms with Crippen LogP contribution in [0.25, 0.3) is 0 Å². The zero-order chi connectivity index (χ0) is 14.9. The number of halogens is 2. The lowest BCUT2D eigenvalue weighted by molar-refractivity contribution is 0.310. The maximum Gasteiger partial charge on any atom is 0.244 e. The molecule has 1 aliphatic heterocycles. The van der Waals surface area contributed by atoms with Gasteiger partial charge in [-0.15, -0.1) is 0 Å². The van der Waals surface area contributed by atoms with Crippen LogP contribution in [0.2, 0.25) is 10.0 Å². The van der Waals surface area contributed by atoms with E-state index in [4.69, 9.17) is 27.9 Å². The summed E-state index contributed by atoms with van der Waals surface area (Å²) in [5.41, 5.74) is 0. The number of nitrogens with one attached hydrogen (secondary N) is 1. The predicted molar refractivity (Wildman–Crippen MR) is 79.2 cm³/mol. The SMILES string of the molecule is COc1cc(Cl)c(S(=O)(=O)N2CCN[C@H](C)C2)cc1Cl. The van der Waals surface area contributed by atoms with Crippen LogP contribution < -0.4 is 10.1 Å². The van der Waals surface area contributed by atoms with Gasteiger partial charge in [0.15, 0.2) is 0 Å². The fourth-order valence-electron chi connectivity index (χ4n) is 2.12. The van der Waals surface area contributed by atoms with Gasteiger partial charge >= 0.3 is 0 Å². The molecule has 1 aliphatic rings. The standard InChI is InChI=1S/C12H16Cl2N2O3S/c1-8-7-16(4-3-15-8)20(17,18)12-6-9(13)11(19-2)5-10(12)14/h5-6,8,15H,3-4,7H2,1-2H3/t8-/m1/s1. The molecule has 0 radical (unpaired) electrons. The summed E-state index contributed by atoms with van der Waals surface area (Å²) in [6.07, 6.45) is 0. The van der Waals surface area contributed by atoms with Gasteiger partial charge in [-0.05, 0) is 13.0 Å². The number of piperazine rings is 1. The Morgan fingerprint density at radius 2 is 2.05 bits per heavy atom. The summed E-state index contributed by atoms with van der Waals surface area (Å²) in [4.78, 5) is 0.0130. The average molecular weight is 339 g/mol. The first kappa shape index (κ1) is 15.9. The molecule has 0 aromatic heterocycles. The topological polar surface area (TPSA) is 58.6 Å². The number of hydrogen-bond donors (Lipinski definition) is 1. The second kappa shape index (κ2) is 6.07. The first-order valence-corrected chi connectivity index (χ1v) is 8.32. The van der Waals surface area contributed by atoms with E-state index in [1.54, 1.807) is 0 Å². The third kappa shape index (κ3) is 3.04. The highest BCUT2D eigenvalue weighted by Crippen LogP contribution is 2.34. The molecular formula is C12H16Cl2N2O3S. The van der Waals surface area contributed by atoms with E-state index in [2.05, 4.69) is 5.32 Å². The van der Waals surface area contributed by atoms with Gasteiger partial charge in [-0.1, -0.05) is 23.2 Å². The number of hydrogen-bond acceptors (Lipinski definition) is 4. The quantitative estimate of drug-likeness (QED) is 0.915. The summed E-state index contributed by atoms with van der Waals surface area (Å²) in [5, 5.41) is 3.52. The second-order valence-corrected chi connectivity index (χ2v) is 7.36. The molecule has 0 amide bonds. The maximum atomic E-state index is 12.6. The van der Waals surface area contributed by atoms with Crippen LogP contribution in [0.5, 0.6) is 5.75 Å². The van der Waals surface area contributed by atoms with E-state index < -0.39 is 10.0 Å². The van der Waals surface area contributed by atoms with Crippen LogP contribution in [0.1, 0.15) is 6.92 Å². The van der Waals surface area contributed by atoms with Gasteiger partial charge in [0.25, 0.3) is 0 Å². The molecule has 0 unspecified atom stereocenters. The van der Waals surface area contributed by atoms with Crippen molar-refractivity contribution in [2.45, 2.75) is 17.9 Å². The Morgan fingerprint density at radius 3 is 2.65 bits per heavy atom. The van der Waals surface area contributed by atoms with Crippen LogP contribution in [0.4, 0.5) is 0 Å². The van der Waals surface area contributed by atoms with Crippen molar-refractivity contribution in [3.05, 3.63) is 22.2 Å². The average Bonchev–Trinajstić information content (AvgIpc) is 2.40. The molecule has 0 bridgehead atoms. The molecule has 1 aromatic carbocycles. The van der Waals surface area contributed by atoms with Crippen molar-refractivity contribution in [2.24, 2.45) is 0 Å². The second-order valence-electron chi connectivity index (χ2n) is 4.64. The minimum absolute atomic E-state index is 0.0130. The molecular weight excluding hydrogens is 323 g/mol. The normalized spacial score (nSPS) is 20.9. The van der Waals surface area contributed by atoms with Gasteiger partial charge in [-0.2, -0.15) is 4.31 Å². The van der Waals surface area contributed by atoms with Crippen LogP contribution in [-0.4, -0.2) is 45.5 Å². The van der Waals surface area contributed by atoms with Gasteiger partial charge in [-0.3, -0.25) is 0 Å². The van der Waals surface area contributed by atoms with E-state index in [9.17, 15) is 8.42 Å². The highest BCUT2D eigenvalue weighted by molar-refractivity contribution is 7.89. The Bertz CT molecular complexity index is 607. The molecule has 1 heterocycles. The van der Waals surface area contributed by atoms with Gasteiger partial charge in [-0.25, -0.2) is 8.42 Å². The molecule has 2 rings (SSSR count). The number of benzene rings is 1. The Kier molecular flexibility index (Phi) is 4.81. The summed E-state index contributed by atoms with van der Waals surface area (Å²) in [6.45, 7) is 3.36. The van der Waals surface area contributed by atoms with Crippen LogP contribution in [0.15, 0.2) is 17.0 Å². The smallest absolute Gasteiger partial charge is 0.244 e. The van der Waals surface area contributed by atoms with Gasteiger partial charge in [0.2, 0.25) is 10.0 Å². The molecule has 1 aromatic rings. The maximum absolute atomic E-state index is 12.6. The molecule has 0 spiro atoms. The van der Waals surface area contributed by atoms with Crippen molar-refractivity contribution in [3.8, 4) is 5.75 Å². The van der Waals surface area contributed by atoms with Crippen molar-refractivity contribution in [2.75, 3.05) is 26.7 Å². The Morgan fingerprint density at radius 1 is 1.35 bits per heavy atom. The first-order chi connectivity index (χ1) is 9.36. The van der Waals surface area contributed by atoms with Crippen molar-refractivity contribution in [1.82, 2.24) is 9.62 Å².